The van der Waals surface area contributed by atoms with Crippen LogP contribution in [0.1, 0.15) is 18.9 Å². The molecule has 11 heteroatoms. The second-order valence-electron chi connectivity index (χ2n) is 7.58. The predicted molar refractivity (Wildman–Crippen MR) is 114 cm³/mol. The number of imidazole rings is 2. The van der Waals surface area contributed by atoms with Gasteiger partial charge in [-0.3, -0.25) is 4.57 Å². The molecule has 1 aliphatic rings. The molecule has 0 saturated carbocycles. The van der Waals surface area contributed by atoms with Crippen LogP contribution in [-0.4, -0.2) is 52.3 Å². The average Bonchev–Trinajstić information content (AvgIpc) is 3.40. The normalized spacial score (nSPS) is 15.0. The minimum Gasteiger partial charge on any atom is -0.381 e. The smallest absolute Gasteiger partial charge is 0.237 e. The third-order valence-corrected chi connectivity index (χ3v) is 5.60. The molecule has 32 heavy (non-hydrogen) atoms. The van der Waals surface area contributed by atoms with E-state index in [4.69, 9.17) is 20.4 Å². The van der Waals surface area contributed by atoms with E-state index >= 15 is 0 Å². The van der Waals surface area contributed by atoms with Gasteiger partial charge in [-0.15, -0.1) is 0 Å². The second-order valence-corrected chi connectivity index (χ2v) is 7.58. The molecule has 0 atom stereocenters. The maximum Gasteiger partial charge on any atom is 0.237 e. The average molecular weight is 431 g/mol. The first-order valence-corrected chi connectivity index (χ1v) is 10.2. The fraction of sp³-hybridized carbons (Fsp3) is 0.238. The van der Waals surface area contributed by atoms with Gasteiger partial charge in [0.2, 0.25) is 11.9 Å². The van der Waals surface area contributed by atoms with E-state index in [9.17, 15) is 4.39 Å². The highest BCUT2D eigenvalue weighted by atomic mass is 19.1. The third kappa shape index (κ3) is 3.05. The largest absolute Gasteiger partial charge is 0.381 e. The van der Waals surface area contributed by atoms with Crippen LogP contribution in [0.3, 0.4) is 0 Å². The summed E-state index contributed by atoms with van der Waals surface area (Å²) in [5, 5.41) is 0. The molecular formula is C21H18FN9O. The maximum absolute atomic E-state index is 13.9. The van der Waals surface area contributed by atoms with Gasteiger partial charge in [0, 0.05) is 31.5 Å². The summed E-state index contributed by atoms with van der Waals surface area (Å²) < 4.78 is 23.2. The van der Waals surface area contributed by atoms with Crippen molar-refractivity contribution in [2.24, 2.45) is 0 Å². The zero-order valence-corrected chi connectivity index (χ0v) is 16.9. The van der Waals surface area contributed by atoms with Crippen molar-refractivity contribution < 1.29 is 9.13 Å². The van der Waals surface area contributed by atoms with Gasteiger partial charge < -0.3 is 15.0 Å². The molecule has 2 N–H and O–H groups in total. The van der Waals surface area contributed by atoms with Crippen molar-refractivity contribution in [3.8, 4) is 17.5 Å². The zero-order chi connectivity index (χ0) is 21.7. The predicted octanol–water partition coefficient (Wildman–Crippen LogP) is 2.70. The second kappa shape index (κ2) is 7.31. The number of nitrogen functional groups attached to an aromatic ring is 1. The number of nitrogens with zero attached hydrogens (tertiary/aromatic N) is 8. The van der Waals surface area contributed by atoms with Crippen molar-refractivity contribution in [3.05, 3.63) is 48.8 Å². The van der Waals surface area contributed by atoms with Crippen LogP contribution in [0.15, 0.2) is 43.0 Å². The standard InChI is InChI=1S/C21H18FN9O/c22-12-1-2-14-17(9-12)30(11-26-14)21-25-10-16-19(29-21)31(13-4-7-32-8-5-13)18(27-16)15-3-6-24-20(23)28-15/h1-3,6,9-11,13H,4-5,7-8H2,(H2,23,24,28). The van der Waals surface area contributed by atoms with Gasteiger partial charge in [0.15, 0.2) is 11.5 Å². The molecule has 10 nitrogen and oxygen atoms in total. The van der Waals surface area contributed by atoms with Gasteiger partial charge in [-0.1, -0.05) is 0 Å². The van der Waals surface area contributed by atoms with Gasteiger partial charge in [-0.05, 0) is 31.0 Å². The van der Waals surface area contributed by atoms with Crippen LogP contribution in [0, 0.1) is 5.82 Å². The van der Waals surface area contributed by atoms with E-state index in [1.54, 1.807) is 35.4 Å². The Labute approximate surface area is 181 Å². The first kappa shape index (κ1) is 18.8. The molecule has 1 fully saturated rings. The maximum atomic E-state index is 13.9. The molecule has 0 bridgehead atoms. The van der Waals surface area contributed by atoms with Gasteiger partial charge in [0.05, 0.1) is 17.2 Å². The number of hydrogen-bond donors (Lipinski definition) is 1. The number of hydrogen-bond acceptors (Lipinski definition) is 8. The van der Waals surface area contributed by atoms with Crippen molar-refractivity contribution in [1.29, 1.82) is 0 Å². The number of rotatable bonds is 3. The summed E-state index contributed by atoms with van der Waals surface area (Å²) >= 11 is 0. The Morgan fingerprint density at radius 3 is 2.72 bits per heavy atom. The van der Waals surface area contributed by atoms with Crippen LogP contribution in [0.2, 0.25) is 0 Å². The molecule has 0 aliphatic carbocycles. The Morgan fingerprint density at radius 1 is 1.00 bits per heavy atom. The lowest BCUT2D eigenvalue weighted by Crippen LogP contribution is -2.21. The summed E-state index contributed by atoms with van der Waals surface area (Å²) in [6.45, 7) is 1.30. The third-order valence-electron chi connectivity index (χ3n) is 5.60. The van der Waals surface area contributed by atoms with E-state index in [0.717, 1.165) is 12.8 Å². The quantitative estimate of drug-likeness (QED) is 0.463. The van der Waals surface area contributed by atoms with Crippen molar-refractivity contribution in [2.45, 2.75) is 18.9 Å². The van der Waals surface area contributed by atoms with E-state index in [-0.39, 0.29) is 17.8 Å². The summed E-state index contributed by atoms with van der Waals surface area (Å²) in [6, 6.07) is 6.32. The van der Waals surface area contributed by atoms with Gasteiger partial charge in [0.1, 0.15) is 23.4 Å². The number of halogens is 1. The molecule has 160 valence electrons. The molecule has 0 amide bonds. The minimum atomic E-state index is -0.351. The Morgan fingerprint density at radius 2 is 1.88 bits per heavy atom. The number of anilines is 1. The topological polar surface area (TPSA) is 122 Å². The summed E-state index contributed by atoms with van der Waals surface area (Å²) in [4.78, 5) is 26.7. The summed E-state index contributed by atoms with van der Waals surface area (Å²) in [6.07, 6.45) is 6.49. The van der Waals surface area contributed by atoms with E-state index in [0.29, 0.717) is 52.9 Å². The van der Waals surface area contributed by atoms with Crippen LogP contribution in [0.4, 0.5) is 10.3 Å². The fourth-order valence-corrected chi connectivity index (χ4v) is 4.11. The first-order chi connectivity index (χ1) is 15.7. The van der Waals surface area contributed by atoms with Crippen LogP contribution < -0.4 is 5.73 Å². The van der Waals surface area contributed by atoms with Crippen molar-refractivity contribution in [3.63, 3.8) is 0 Å². The lowest BCUT2D eigenvalue weighted by molar-refractivity contribution is 0.0708. The van der Waals surface area contributed by atoms with E-state index < -0.39 is 0 Å². The zero-order valence-electron chi connectivity index (χ0n) is 16.9. The Balaban J connectivity index is 1.57. The van der Waals surface area contributed by atoms with E-state index in [1.807, 2.05) is 0 Å². The number of nitrogens with two attached hydrogens (primary N) is 1. The molecule has 1 aromatic carbocycles. The lowest BCUT2D eigenvalue weighted by Gasteiger charge is -2.25. The molecule has 5 aromatic rings. The van der Waals surface area contributed by atoms with Gasteiger partial charge >= 0.3 is 0 Å². The van der Waals surface area contributed by atoms with Crippen molar-refractivity contribution >= 4 is 28.1 Å². The van der Waals surface area contributed by atoms with Crippen LogP contribution in [0.5, 0.6) is 0 Å². The number of fused-ring (bicyclic) bond motifs is 2. The molecular weight excluding hydrogens is 413 g/mol. The van der Waals surface area contributed by atoms with Crippen LogP contribution in [-0.2, 0) is 4.74 Å². The molecule has 5 heterocycles. The van der Waals surface area contributed by atoms with Gasteiger partial charge in [0.25, 0.3) is 0 Å². The monoisotopic (exact) mass is 431 g/mol. The molecule has 1 aliphatic heterocycles. The fourth-order valence-electron chi connectivity index (χ4n) is 4.11. The SMILES string of the molecule is Nc1nccc(-c2nc3cnc(-n4cnc5ccc(F)cc54)nc3n2C2CCOCC2)n1. The van der Waals surface area contributed by atoms with Gasteiger partial charge in [-0.2, -0.15) is 4.98 Å². The molecule has 0 spiro atoms. The first-order valence-electron chi connectivity index (χ1n) is 10.2. The highest BCUT2D eigenvalue weighted by molar-refractivity contribution is 5.79. The highest BCUT2D eigenvalue weighted by Gasteiger charge is 2.25. The summed E-state index contributed by atoms with van der Waals surface area (Å²) in [5.41, 5.74) is 8.97. The lowest BCUT2D eigenvalue weighted by atomic mass is 10.1. The summed E-state index contributed by atoms with van der Waals surface area (Å²) in [5.74, 6) is 0.851. The summed E-state index contributed by atoms with van der Waals surface area (Å²) in [7, 11) is 0. The minimum absolute atomic E-state index is 0.125. The Kier molecular flexibility index (Phi) is 4.28. The van der Waals surface area contributed by atoms with Crippen molar-refractivity contribution in [2.75, 3.05) is 18.9 Å². The Bertz CT molecular complexity index is 1450. The number of benzene rings is 1. The van der Waals surface area contributed by atoms with Crippen molar-refractivity contribution in [1.82, 2.24) is 39.0 Å². The van der Waals surface area contributed by atoms with Crippen LogP contribution >= 0.6 is 0 Å². The molecule has 6 rings (SSSR count). The number of ether oxygens (including phenoxy) is 1. The van der Waals surface area contributed by atoms with Gasteiger partial charge in [-0.25, -0.2) is 29.3 Å². The molecule has 0 unspecified atom stereocenters. The number of aromatic nitrogens is 8. The molecule has 1 saturated heterocycles. The molecule has 0 radical (unpaired) electrons. The molecule has 4 aromatic heterocycles. The Hall–Kier alpha value is -3.99. The van der Waals surface area contributed by atoms with E-state index in [2.05, 4.69) is 24.5 Å². The highest BCUT2D eigenvalue weighted by Crippen LogP contribution is 2.32. The van der Waals surface area contributed by atoms with Crippen LogP contribution in [0.25, 0.3) is 39.7 Å². The van der Waals surface area contributed by atoms with E-state index in [1.165, 1.54) is 12.1 Å².